The van der Waals surface area contributed by atoms with Gasteiger partial charge in [0.2, 0.25) is 0 Å². The van der Waals surface area contributed by atoms with Crippen LogP contribution in [0.15, 0.2) is 61.2 Å². The summed E-state index contributed by atoms with van der Waals surface area (Å²) in [7, 11) is 0. The molecule has 0 bridgehead atoms. The van der Waals surface area contributed by atoms with Crippen molar-refractivity contribution in [3.63, 3.8) is 0 Å². The summed E-state index contributed by atoms with van der Waals surface area (Å²) in [5.41, 5.74) is 10.4. The molecular formula is C24H26N6O. The zero-order valence-electron chi connectivity index (χ0n) is 17.4. The third-order valence-corrected chi connectivity index (χ3v) is 5.77. The average Bonchev–Trinajstić information content (AvgIpc) is 3.24. The zero-order valence-corrected chi connectivity index (χ0v) is 17.4. The molecular weight excluding hydrogens is 388 g/mol. The topological polar surface area (TPSA) is 81.6 Å². The second-order valence-corrected chi connectivity index (χ2v) is 7.92. The van der Waals surface area contributed by atoms with E-state index in [2.05, 4.69) is 32.1 Å². The largest absolute Gasteiger partial charge is 0.492 e. The molecule has 3 aromatic heterocycles. The fourth-order valence-electron chi connectivity index (χ4n) is 4.01. The van der Waals surface area contributed by atoms with Gasteiger partial charge in [-0.1, -0.05) is 18.6 Å². The van der Waals surface area contributed by atoms with E-state index < -0.39 is 0 Å². The first kappa shape index (κ1) is 19.5. The van der Waals surface area contributed by atoms with E-state index in [0.29, 0.717) is 5.82 Å². The van der Waals surface area contributed by atoms with E-state index in [1.165, 1.54) is 32.4 Å². The van der Waals surface area contributed by atoms with E-state index in [1.54, 1.807) is 23.0 Å². The Morgan fingerprint density at radius 2 is 1.61 bits per heavy atom. The Bertz CT molecular complexity index is 1150. The number of nitrogens with zero attached hydrogens (tertiary/aromatic N) is 5. The van der Waals surface area contributed by atoms with Gasteiger partial charge in [-0.2, -0.15) is 5.10 Å². The number of benzene rings is 1. The molecule has 0 atom stereocenters. The van der Waals surface area contributed by atoms with E-state index in [9.17, 15) is 0 Å². The minimum atomic E-state index is 0.495. The molecule has 1 aliphatic heterocycles. The number of aromatic nitrogens is 4. The number of anilines is 1. The van der Waals surface area contributed by atoms with Crippen molar-refractivity contribution in [2.24, 2.45) is 0 Å². The first-order valence-corrected chi connectivity index (χ1v) is 10.8. The van der Waals surface area contributed by atoms with Gasteiger partial charge in [0.25, 0.3) is 0 Å². The minimum Gasteiger partial charge on any atom is -0.492 e. The monoisotopic (exact) mass is 414 g/mol. The lowest BCUT2D eigenvalue weighted by Crippen LogP contribution is -2.33. The highest BCUT2D eigenvalue weighted by Gasteiger charge is 2.11. The summed E-state index contributed by atoms with van der Waals surface area (Å²) in [5.74, 6) is 1.39. The quantitative estimate of drug-likeness (QED) is 0.515. The lowest BCUT2D eigenvalue weighted by atomic mass is 10.1. The number of hydrogen-bond donors (Lipinski definition) is 1. The van der Waals surface area contributed by atoms with Crippen LogP contribution in [0.5, 0.6) is 5.75 Å². The second-order valence-electron chi connectivity index (χ2n) is 7.92. The predicted molar refractivity (Wildman–Crippen MR) is 122 cm³/mol. The molecule has 4 aromatic rings. The number of nitrogens with two attached hydrogens (primary N) is 1. The smallest absolute Gasteiger partial charge is 0.162 e. The van der Waals surface area contributed by atoms with Gasteiger partial charge >= 0.3 is 0 Å². The van der Waals surface area contributed by atoms with Gasteiger partial charge in [0.15, 0.2) is 5.65 Å². The molecule has 0 amide bonds. The molecule has 0 unspecified atom stereocenters. The van der Waals surface area contributed by atoms with Gasteiger partial charge < -0.3 is 10.5 Å². The molecule has 5 rings (SSSR count). The molecule has 1 aliphatic rings. The highest BCUT2D eigenvalue weighted by atomic mass is 16.5. The van der Waals surface area contributed by atoms with Crippen molar-refractivity contribution in [3.05, 3.63) is 61.2 Å². The summed E-state index contributed by atoms with van der Waals surface area (Å²) in [5, 5.41) is 4.47. The number of likely N-dealkylation sites (tertiary alicyclic amines) is 1. The molecule has 2 N–H and O–H groups in total. The Balaban J connectivity index is 1.27. The molecule has 31 heavy (non-hydrogen) atoms. The minimum absolute atomic E-state index is 0.495. The molecule has 1 saturated heterocycles. The summed E-state index contributed by atoms with van der Waals surface area (Å²) >= 11 is 0. The fourth-order valence-corrected chi connectivity index (χ4v) is 4.01. The fraction of sp³-hybridized carbons (Fsp3) is 0.292. The van der Waals surface area contributed by atoms with Crippen LogP contribution in [0.1, 0.15) is 19.3 Å². The van der Waals surface area contributed by atoms with Crippen molar-refractivity contribution in [1.82, 2.24) is 24.5 Å². The molecule has 0 aliphatic carbocycles. The molecule has 0 saturated carbocycles. The van der Waals surface area contributed by atoms with Crippen LogP contribution in [-0.2, 0) is 0 Å². The number of ether oxygens (including phenoxy) is 1. The molecule has 1 aromatic carbocycles. The lowest BCUT2D eigenvalue weighted by Gasteiger charge is -2.26. The van der Waals surface area contributed by atoms with Crippen molar-refractivity contribution in [3.8, 4) is 28.0 Å². The van der Waals surface area contributed by atoms with Crippen molar-refractivity contribution < 1.29 is 4.74 Å². The van der Waals surface area contributed by atoms with Gasteiger partial charge in [0.05, 0.1) is 6.20 Å². The van der Waals surface area contributed by atoms with E-state index in [4.69, 9.17) is 10.5 Å². The first-order valence-electron chi connectivity index (χ1n) is 10.8. The normalized spacial score (nSPS) is 14.7. The lowest BCUT2D eigenvalue weighted by molar-refractivity contribution is 0.183. The Labute approximate surface area is 181 Å². The SMILES string of the molecule is Nc1ccc(-c2cnn3cc(-c4ccc(OCCN5CCCCC5)cc4)cnc23)cn1. The van der Waals surface area contributed by atoms with Crippen LogP contribution in [0.25, 0.3) is 27.9 Å². The second kappa shape index (κ2) is 8.73. The molecule has 7 nitrogen and oxygen atoms in total. The van der Waals surface area contributed by atoms with Crippen molar-refractivity contribution in [2.75, 3.05) is 32.0 Å². The van der Waals surface area contributed by atoms with Crippen LogP contribution in [0.4, 0.5) is 5.82 Å². The molecule has 7 heteroatoms. The summed E-state index contributed by atoms with van der Waals surface area (Å²) in [6.45, 7) is 4.11. The van der Waals surface area contributed by atoms with Crippen LogP contribution in [0.3, 0.4) is 0 Å². The summed E-state index contributed by atoms with van der Waals surface area (Å²) in [4.78, 5) is 11.3. The third kappa shape index (κ3) is 4.36. The van der Waals surface area contributed by atoms with Crippen LogP contribution in [0.2, 0.25) is 0 Å². The number of fused-ring (bicyclic) bond motifs is 1. The van der Waals surface area contributed by atoms with E-state index in [-0.39, 0.29) is 0 Å². The molecule has 0 spiro atoms. The predicted octanol–water partition coefficient (Wildman–Crippen LogP) is 3.91. The van der Waals surface area contributed by atoms with E-state index in [0.717, 1.165) is 46.8 Å². The van der Waals surface area contributed by atoms with Gasteiger partial charge in [0.1, 0.15) is 18.2 Å². The van der Waals surface area contributed by atoms with Crippen molar-refractivity contribution in [1.29, 1.82) is 0 Å². The Morgan fingerprint density at radius 3 is 2.39 bits per heavy atom. The van der Waals surface area contributed by atoms with Crippen molar-refractivity contribution in [2.45, 2.75) is 19.3 Å². The number of pyridine rings is 1. The molecule has 4 heterocycles. The Kier molecular flexibility index (Phi) is 5.50. The van der Waals surface area contributed by atoms with Crippen molar-refractivity contribution >= 4 is 11.5 Å². The maximum Gasteiger partial charge on any atom is 0.162 e. The highest BCUT2D eigenvalue weighted by molar-refractivity contribution is 5.77. The van der Waals surface area contributed by atoms with Crippen LogP contribution >= 0.6 is 0 Å². The number of nitrogen functional groups attached to an aromatic ring is 1. The Morgan fingerprint density at radius 1 is 0.839 bits per heavy atom. The van der Waals surface area contributed by atoms with Gasteiger partial charge in [0, 0.05) is 41.8 Å². The van der Waals surface area contributed by atoms with Gasteiger partial charge in [-0.3, -0.25) is 4.90 Å². The van der Waals surface area contributed by atoms with Gasteiger partial charge in [-0.05, 0) is 55.8 Å². The van der Waals surface area contributed by atoms with Crippen LogP contribution in [0, 0.1) is 0 Å². The standard InChI is InChI=1S/C24H26N6O/c25-23-9-6-19(14-26-23)22-16-28-30-17-20(15-27-24(22)30)18-4-7-21(8-5-18)31-13-12-29-10-2-1-3-11-29/h4-9,14-17H,1-3,10-13H2,(H2,25,26). The molecule has 0 radical (unpaired) electrons. The summed E-state index contributed by atoms with van der Waals surface area (Å²) < 4.78 is 7.74. The van der Waals surface area contributed by atoms with Gasteiger partial charge in [-0.25, -0.2) is 14.5 Å². The Hall–Kier alpha value is -3.45. The molecule has 158 valence electrons. The van der Waals surface area contributed by atoms with E-state index in [1.807, 2.05) is 30.6 Å². The van der Waals surface area contributed by atoms with Gasteiger partial charge in [-0.15, -0.1) is 0 Å². The zero-order chi connectivity index (χ0) is 21.0. The average molecular weight is 415 g/mol. The van der Waals surface area contributed by atoms with Crippen LogP contribution in [-0.4, -0.2) is 50.7 Å². The summed E-state index contributed by atoms with van der Waals surface area (Å²) in [6.07, 6.45) is 11.4. The summed E-state index contributed by atoms with van der Waals surface area (Å²) in [6, 6.07) is 11.9. The number of hydrogen-bond acceptors (Lipinski definition) is 6. The van der Waals surface area contributed by atoms with E-state index >= 15 is 0 Å². The maximum absolute atomic E-state index is 5.94. The first-order chi connectivity index (χ1) is 15.3. The number of rotatable bonds is 6. The third-order valence-electron chi connectivity index (χ3n) is 5.77. The van der Waals surface area contributed by atoms with Crippen LogP contribution < -0.4 is 10.5 Å². The maximum atomic E-state index is 5.94. The highest BCUT2D eigenvalue weighted by Crippen LogP contribution is 2.26. The number of piperidine rings is 1. The molecule has 1 fully saturated rings.